The average Bonchev–Trinajstić information content (AvgIpc) is 2.40. The van der Waals surface area contributed by atoms with Crippen molar-refractivity contribution in [3.05, 3.63) is 30.3 Å². The maximum Gasteiger partial charge on any atom is -0.172 e. The zero-order valence-corrected chi connectivity index (χ0v) is 10.9. The Morgan fingerprint density at radius 2 is 1.33 bits per heavy atom. The largest absolute Gasteiger partial charge is 0.214 e. The fourth-order valence-electron chi connectivity index (χ4n) is 0.321. The molecule has 0 bridgehead atoms. The van der Waals surface area contributed by atoms with Crippen LogP contribution in [0.25, 0.3) is 0 Å². The molecule has 0 atom stereocenters. The molecule has 0 aromatic heterocycles. The summed E-state index contributed by atoms with van der Waals surface area (Å²) >= 11 is -1.92. The topological polar surface area (TPSA) is 0 Å². The molecule has 0 saturated carbocycles. The summed E-state index contributed by atoms with van der Waals surface area (Å²) in [5.74, 6) is 0. The van der Waals surface area contributed by atoms with Crippen LogP contribution in [0.1, 0.15) is 0 Å². The Balaban J connectivity index is 0. The molecule has 0 heterocycles. The van der Waals surface area contributed by atoms with E-state index in [1.54, 1.807) is 0 Å². The second kappa shape index (κ2) is 14.5. The SMILES string of the molecule is C[B]C.[Cl][Ti+]([Cl])[Cl].c1cc[cH-]c1. The van der Waals surface area contributed by atoms with Crippen molar-refractivity contribution in [2.45, 2.75) is 13.6 Å². The summed E-state index contributed by atoms with van der Waals surface area (Å²) < 4.78 is 0. The first-order valence-electron chi connectivity index (χ1n) is 3.39. The van der Waals surface area contributed by atoms with Gasteiger partial charge >= 0.3 is 42.6 Å². The van der Waals surface area contributed by atoms with Gasteiger partial charge in [0.2, 0.25) is 0 Å². The molecule has 5 heteroatoms. The number of hydrogen-bond donors (Lipinski definition) is 0. The molecule has 0 nitrogen and oxygen atoms in total. The van der Waals surface area contributed by atoms with Gasteiger partial charge in [0.05, 0.1) is 0 Å². The van der Waals surface area contributed by atoms with Gasteiger partial charge in [0.15, 0.2) is 0 Å². The van der Waals surface area contributed by atoms with E-state index >= 15 is 0 Å². The van der Waals surface area contributed by atoms with Gasteiger partial charge in [0, 0.05) is 0 Å². The zero-order chi connectivity index (χ0) is 9.82. The van der Waals surface area contributed by atoms with Crippen LogP contribution in [0.15, 0.2) is 30.3 Å². The maximum absolute atomic E-state index is 4.97. The van der Waals surface area contributed by atoms with Gasteiger partial charge in [0.25, 0.3) is 0 Å². The standard InChI is InChI=1S/C5H5.C2H6B.3ClH.Ti/c1-2-4-5-3-1;1-3-2;;;;/h1-5H;1-2H3;3*1H;/q-1;;;;;+4/p-3. The molecule has 0 amide bonds. The van der Waals surface area contributed by atoms with Crippen molar-refractivity contribution < 1.29 is 14.7 Å². The van der Waals surface area contributed by atoms with Crippen LogP contribution < -0.4 is 0 Å². The van der Waals surface area contributed by atoms with E-state index in [9.17, 15) is 0 Å². The summed E-state index contributed by atoms with van der Waals surface area (Å²) in [7, 11) is 16.9. The fraction of sp³-hybridized carbons (Fsp3) is 0.286. The van der Waals surface area contributed by atoms with Gasteiger partial charge in [-0.1, -0.05) is 13.6 Å². The van der Waals surface area contributed by atoms with Crippen molar-refractivity contribution in [2.24, 2.45) is 0 Å². The monoisotopic (exact) mass is 259 g/mol. The van der Waals surface area contributed by atoms with Gasteiger partial charge in [-0.05, 0) is 0 Å². The summed E-state index contributed by atoms with van der Waals surface area (Å²) in [5.41, 5.74) is 0. The Labute approximate surface area is 93.3 Å². The van der Waals surface area contributed by atoms with Crippen LogP contribution >= 0.6 is 27.9 Å². The molecule has 0 unspecified atom stereocenters. The predicted octanol–water partition coefficient (Wildman–Crippen LogP) is 4.26. The second-order valence-electron chi connectivity index (χ2n) is 1.75. The molecular formula is C7H11BCl3Ti. The molecule has 0 aliphatic rings. The van der Waals surface area contributed by atoms with E-state index in [1.165, 1.54) is 0 Å². The second-order valence-corrected chi connectivity index (χ2v) is 9.49. The first-order chi connectivity index (χ1) is 5.65. The predicted molar refractivity (Wildman–Crippen MR) is 57.1 cm³/mol. The van der Waals surface area contributed by atoms with Crippen LogP contribution in [0.2, 0.25) is 13.6 Å². The summed E-state index contributed by atoms with van der Waals surface area (Å²) in [6.45, 7) is 4.00. The summed E-state index contributed by atoms with van der Waals surface area (Å²) in [4.78, 5) is 0. The van der Waals surface area contributed by atoms with Crippen LogP contribution in [0.5, 0.6) is 0 Å². The average molecular weight is 260 g/mol. The van der Waals surface area contributed by atoms with E-state index in [4.69, 9.17) is 27.9 Å². The maximum atomic E-state index is 4.97. The Morgan fingerprint density at radius 3 is 1.42 bits per heavy atom. The molecular weight excluding hydrogens is 249 g/mol. The van der Waals surface area contributed by atoms with E-state index < -0.39 is 14.7 Å². The van der Waals surface area contributed by atoms with Crippen LogP contribution in [-0.2, 0) is 14.7 Å². The number of rotatable bonds is 0. The van der Waals surface area contributed by atoms with Crippen molar-refractivity contribution in [3.8, 4) is 0 Å². The van der Waals surface area contributed by atoms with E-state index in [0.29, 0.717) is 0 Å². The van der Waals surface area contributed by atoms with E-state index in [1.807, 2.05) is 51.3 Å². The molecule has 12 heavy (non-hydrogen) atoms. The van der Waals surface area contributed by atoms with Crippen molar-refractivity contribution in [1.82, 2.24) is 0 Å². The van der Waals surface area contributed by atoms with Gasteiger partial charge in [0.1, 0.15) is 7.28 Å². The van der Waals surface area contributed by atoms with Gasteiger partial charge < -0.3 is 0 Å². The molecule has 0 fully saturated rings. The summed E-state index contributed by atoms with van der Waals surface area (Å²) in [6, 6.07) is 10.0. The van der Waals surface area contributed by atoms with Crippen molar-refractivity contribution in [3.63, 3.8) is 0 Å². The van der Waals surface area contributed by atoms with Crippen molar-refractivity contribution >= 4 is 35.2 Å². The quantitative estimate of drug-likeness (QED) is 0.483. The van der Waals surface area contributed by atoms with E-state index in [2.05, 4.69) is 0 Å². The third kappa shape index (κ3) is 30.6. The fourth-order valence-corrected chi connectivity index (χ4v) is 0.321. The first-order valence-corrected chi connectivity index (χ1v) is 9.83. The Bertz CT molecular complexity index is 113. The molecule has 1 radical (unpaired) electrons. The molecule has 1 aromatic rings. The zero-order valence-electron chi connectivity index (χ0n) is 7.10. The molecule has 67 valence electrons. The normalized spacial score (nSPS) is 6.75. The molecule has 1 aromatic carbocycles. The minimum Gasteiger partial charge on any atom is -0.214 e. The summed E-state index contributed by atoms with van der Waals surface area (Å²) in [5, 5.41) is 0. The Kier molecular flexibility index (Phi) is 18.7. The van der Waals surface area contributed by atoms with Crippen molar-refractivity contribution in [2.75, 3.05) is 0 Å². The van der Waals surface area contributed by atoms with Gasteiger partial charge in [-0.3, -0.25) is 0 Å². The van der Waals surface area contributed by atoms with Gasteiger partial charge in [-0.15, -0.1) is 0 Å². The number of hydrogen-bond acceptors (Lipinski definition) is 0. The van der Waals surface area contributed by atoms with Crippen LogP contribution in [0.4, 0.5) is 0 Å². The van der Waals surface area contributed by atoms with E-state index in [0.717, 1.165) is 0 Å². The Hall–Kier alpha value is 0.999. The van der Waals surface area contributed by atoms with Gasteiger partial charge in [-0.2, -0.15) is 18.2 Å². The molecule has 0 aliphatic heterocycles. The van der Waals surface area contributed by atoms with E-state index in [-0.39, 0.29) is 0 Å². The molecule has 0 N–H and O–H groups in total. The van der Waals surface area contributed by atoms with Crippen LogP contribution in [0, 0.1) is 0 Å². The minimum atomic E-state index is -1.92. The molecule has 1 rings (SSSR count). The van der Waals surface area contributed by atoms with Crippen LogP contribution in [0.3, 0.4) is 0 Å². The molecule has 0 spiro atoms. The minimum absolute atomic E-state index is 1.92. The smallest absolute Gasteiger partial charge is 0.172 e. The van der Waals surface area contributed by atoms with Gasteiger partial charge in [-0.25, -0.2) is 12.1 Å². The third-order valence-electron chi connectivity index (χ3n) is 0.556. The van der Waals surface area contributed by atoms with Crippen LogP contribution in [-0.4, -0.2) is 7.28 Å². The van der Waals surface area contributed by atoms with Crippen molar-refractivity contribution in [1.29, 1.82) is 0 Å². The Morgan fingerprint density at radius 1 is 1.08 bits per heavy atom. The molecule has 0 saturated heterocycles. The number of halogens is 3. The third-order valence-corrected chi connectivity index (χ3v) is 0.556. The molecule has 0 aliphatic carbocycles. The first kappa shape index (κ1) is 15.5. The summed E-state index contributed by atoms with van der Waals surface area (Å²) in [6.07, 6.45) is 0.